The second kappa shape index (κ2) is 40.0. The number of hydrogen-bond donors (Lipinski definition) is 4. The number of methoxy groups -OCH3 is 1. The quantitative estimate of drug-likeness (QED) is 0.0336. The fourth-order valence-corrected chi connectivity index (χ4v) is 13.4. The van der Waals surface area contributed by atoms with Crippen LogP contribution in [0.5, 0.6) is 0 Å². The highest BCUT2D eigenvalue weighted by Gasteiger charge is 2.63. The van der Waals surface area contributed by atoms with Gasteiger partial charge in [0.2, 0.25) is 23.6 Å². The first-order chi connectivity index (χ1) is 52.7. The summed E-state index contributed by atoms with van der Waals surface area (Å²) in [6.07, 6.45) is -38.7. The van der Waals surface area contributed by atoms with E-state index in [9.17, 15) is 81.5 Å². The number of benzene rings is 1. The molecule has 0 unspecified atom stereocenters. The molecular formula is C69H91N5O38. The van der Waals surface area contributed by atoms with E-state index in [4.69, 9.17) is 99.5 Å². The Bertz CT molecular complexity index is 3650. The highest BCUT2D eigenvalue weighted by molar-refractivity contribution is 6.21. The third kappa shape index (κ3) is 23.6. The van der Waals surface area contributed by atoms with Gasteiger partial charge in [-0.25, -0.2) is 0 Å². The Hall–Kier alpha value is -9.99. The molecule has 1 aromatic rings. The fourth-order valence-electron chi connectivity index (χ4n) is 13.4. The maximum absolute atomic E-state index is 14.7. The monoisotopic (exact) mass is 1600 g/mol. The van der Waals surface area contributed by atoms with Crippen LogP contribution in [-0.4, -0.2) is 299 Å². The lowest BCUT2D eigenvalue weighted by molar-refractivity contribution is -0.369. The van der Waals surface area contributed by atoms with Crippen LogP contribution in [0, 0.1) is 0 Å². The number of hydrogen-bond acceptors (Lipinski definition) is 38. The molecule has 6 aliphatic rings. The molecule has 0 bridgehead atoms. The van der Waals surface area contributed by atoms with Crippen molar-refractivity contribution >= 4 is 101 Å². The van der Waals surface area contributed by atoms with Crippen LogP contribution < -0.4 is 21.3 Å². The molecule has 5 fully saturated rings. The van der Waals surface area contributed by atoms with Crippen LogP contribution in [0.4, 0.5) is 0 Å². The lowest BCUT2D eigenvalue weighted by atomic mass is 9.92. The van der Waals surface area contributed by atoms with E-state index in [2.05, 4.69) is 21.3 Å². The second-order valence-electron chi connectivity index (χ2n) is 26.2. The first-order valence-corrected chi connectivity index (χ1v) is 34.9. The van der Waals surface area contributed by atoms with Crippen molar-refractivity contribution in [1.82, 2.24) is 26.2 Å². The molecule has 7 rings (SSSR count). The van der Waals surface area contributed by atoms with Crippen molar-refractivity contribution in [3.05, 3.63) is 35.4 Å². The molecule has 43 heteroatoms. The van der Waals surface area contributed by atoms with Crippen LogP contribution in [0.15, 0.2) is 24.3 Å². The average Bonchev–Trinajstić information content (AvgIpc) is 1.47. The summed E-state index contributed by atoms with van der Waals surface area (Å²) in [5, 5.41) is 10.3. The summed E-state index contributed by atoms with van der Waals surface area (Å²) in [7, 11) is 1.18. The molecule has 620 valence electrons. The predicted molar refractivity (Wildman–Crippen MR) is 357 cm³/mol. The summed E-state index contributed by atoms with van der Waals surface area (Å²) < 4.78 is 127. The molecule has 0 aromatic heterocycles. The molecule has 6 aliphatic heterocycles. The summed E-state index contributed by atoms with van der Waals surface area (Å²) in [6, 6.07) is -3.90. The molecular weight excluding hydrogens is 1510 g/mol. The van der Waals surface area contributed by atoms with E-state index in [-0.39, 0.29) is 11.1 Å². The van der Waals surface area contributed by atoms with Crippen molar-refractivity contribution in [3.8, 4) is 0 Å². The van der Waals surface area contributed by atoms with Crippen molar-refractivity contribution in [1.29, 1.82) is 0 Å². The van der Waals surface area contributed by atoms with Crippen molar-refractivity contribution in [2.45, 2.75) is 257 Å². The minimum Gasteiger partial charge on any atom is -0.463 e. The van der Waals surface area contributed by atoms with Crippen LogP contribution in [0.2, 0.25) is 0 Å². The molecule has 0 aliphatic carbocycles. The number of amides is 6. The van der Waals surface area contributed by atoms with Gasteiger partial charge in [-0.3, -0.25) is 86.4 Å². The summed E-state index contributed by atoms with van der Waals surface area (Å²) >= 11 is 0. The Balaban J connectivity index is 1.39. The largest absolute Gasteiger partial charge is 0.463 e. The van der Waals surface area contributed by atoms with E-state index in [0.29, 0.717) is 4.90 Å². The Morgan fingerprint density at radius 3 is 0.777 bits per heavy atom. The Morgan fingerprint density at radius 2 is 0.527 bits per heavy atom. The Morgan fingerprint density at radius 1 is 0.304 bits per heavy atom. The van der Waals surface area contributed by atoms with Crippen LogP contribution >= 0.6 is 0 Å². The van der Waals surface area contributed by atoms with Gasteiger partial charge < -0.3 is 121 Å². The molecule has 4 N–H and O–H groups in total. The zero-order chi connectivity index (χ0) is 83.0. The van der Waals surface area contributed by atoms with Gasteiger partial charge in [0.15, 0.2) is 68.1 Å². The molecule has 0 radical (unpaired) electrons. The maximum Gasteiger partial charge on any atom is 0.303 e. The van der Waals surface area contributed by atoms with Gasteiger partial charge in [0.1, 0.15) is 118 Å². The number of carbonyl (C=O) groups excluding carboxylic acids is 17. The van der Waals surface area contributed by atoms with Gasteiger partial charge in [-0.05, 0) is 12.1 Å². The van der Waals surface area contributed by atoms with E-state index in [0.717, 1.165) is 104 Å². The summed E-state index contributed by atoms with van der Waals surface area (Å²) in [4.78, 5) is 228. The summed E-state index contributed by atoms with van der Waals surface area (Å²) in [5.41, 5.74) is -0.375. The van der Waals surface area contributed by atoms with Crippen molar-refractivity contribution < 1.29 is 181 Å². The lowest BCUT2D eigenvalue weighted by Crippen LogP contribution is -2.73. The fraction of sp³-hybridized carbons (Fsp3) is 0.667. The lowest BCUT2D eigenvalue weighted by Gasteiger charge is -2.52. The SMILES string of the molecule is CO[C@@H]1O[C@H](COC(C)=O)[C@@H](O[C@@H]2O[C@H](COC(C)=O)[C@@H](O[C@@H]3O[C@H](COC(C)=O)[C@@H](O[C@@H]4O[C@H](COC(C)=O)[C@@H](O[C@@H]5O[C@H](COC(C)=O)[C@@H](OC(C)=O)[C@H](OC(C)=O)[C@H]5N5C(=O)c6ccccc6C5=O)[C@H](OC(C)=O)[C@H]4NC(C)=O)[C@H](OC(C)=O)[C@H]3NC(C)=O)[C@H](OC(C)=O)[C@H]2NC(C)=O)[C@H](OC(C)=O)[C@H]1NC(C)=O. The number of carbonyl (C=O) groups is 17. The van der Waals surface area contributed by atoms with E-state index < -0.39 is 287 Å². The Kier molecular flexibility index (Phi) is 31.8. The molecule has 25 atom stereocenters. The second-order valence-corrected chi connectivity index (χ2v) is 26.2. The minimum atomic E-state index is -2.25. The zero-order valence-corrected chi connectivity index (χ0v) is 63.7. The van der Waals surface area contributed by atoms with E-state index in [1.165, 1.54) is 31.4 Å². The van der Waals surface area contributed by atoms with Crippen molar-refractivity contribution in [2.75, 3.05) is 40.1 Å². The van der Waals surface area contributed by atoms with Crippen molar-refractivity contribution in [3.63, 3.8) is 0 Å². The molecule has 0 spiro atoms. The highest BCUT2D eigenvalue weighted by Crippen LogP contribution is 2.42. The van der Waals surface area contributed by atoms with Gasteiger partial charge in [0.25, 0.3) is 11.8 Å². The smallest absolute Gasteiger partial charge is 0.303 e. The van der Waals surface area contributed by atoms with Crippen LogP contribution in [0.25, 0.3) is 0 Å². The van der Waals surface area contributed by atoms with Crippen LogP contribution in [0.1, 0.15) is 125 Å². The summed E-state index contributed by atoms with van der Waals surface area (Å²) in [6.45, 7) is 10.3. The van der Waals surface area contributed by atoms with Gasteiger partial charge >= 0.3 is 65.7 Å². The van der Waals surface area contributed by atoms with Crippen LogP contribution in [-0.2, 0) is 171 Å². The third-order valence-corrected chi connectivity index (χ3v) is 17.3. The third-order valence-electron chi connectivity index (χ3n) is 17.3. The van der Waals surface area contributed by atoms with Gasteiger partial charge in [0.05, 0.1) is 11.1 Å². The first-order valence-electron chi connectivity index (χ1n) is 34.9. The normalized spacial score (nSPS) is 32.0. The van der Waals surface area contributed by atoms with E-state index in [1.807, 2.05) is 0 Å². The number of ether oxygens (including phenoxy) is 21. The van der Waals surface area contributed by atoms with Crippen molar-refractivity contribution in [2.24, 2.45) is 0 Å². The first kappa shape index (κ1) is 89.2. The molecule has 1 aromatic carbocycles. The van der Waals surface area contributed by atoms with Gasteiger partial charge in [-0.1, -0.05) is 12.1 Å². The number of esters is 11. The molecule has 43 nitrogen and oxygen atoms in total. The maximum atomic E-state index is 14.7. The number of nitrogens with one attached hydrogen (secondary N) is 4. The molecule has 112 heavy (non-hydrogen) atoms. The van der Waals surface area contributed by atoms with Crippen LogP contribution in [0.3, 0.4) is 0 Å². The standard InChI is InChI=1S/C69H91N5O38/c1-26(75)70-48-58(99-36(11)85)53(43(21-93-30(5)79)104-65(48)92-16)109-66-49(71-27(2)76)59(100-37(12)86)54(44(105-66)22-94-31(6)80)110-67-50(72-28(3)77)60(101-38(13)87)55(45(106-67)23-95-32(7)81)111-68-51(73-29(4)78)61(102-39(14)88)56(46(107-68)24-96-33(8)82)112-69-52(74-63(90)41-19-17-18-20-42(41)64(74)91)62(103-40(15)89)57(98-35(10)84)47(108-69)25-97-34(9)83/h17-20,43-62,65-69H,21-25H2,1-16H3,(H,70,75)(H,71,76)(H,72,77)(H,73,78)/t43-,44-,45-,46-,47-,48-,49-,50-,51-,52-,53-,54-,55-,56-,57-,58-,59-,60-,61-,62-,65-,66+,67+,68+,69+/m1/s1. The van der Waals surface area contributed by atoms with Gasteiger partial charge in [0, 0.05) is 111 Å². The number of nitrogens with zero attached hydrogens (tertiary/aromatic N) is 1. The average molecular weight is 1600 g/mol. The van der Waals surface area contributed by atoms with E-state index in [1.54, 1.807) is 0 Å². The number of imide groups is 1. The zero-order valence-electron chi connectivity index (χ0n) is 63.7. The van der Waals surface area contributed by atoms with Gasteiger partial charge in [-0.2, -0.15) is 0 Å². The molecule has 0 saturated carbocycles. The van der Waals surface area contributed by atoms with E-state index >= 15 is 0 Å². The molecule has 5 saturated heterocycles. The number of fused-ring (bicyclic) bond motifs is 1. The predicted octanol–water partition coefficient (Wildman–Crippen LogP) is -3.11. The number of rotatable bonds is 30. The molecule has 6 amide bonds. The summed E-state index contributed by atoms with van der Waals surface area (Å²) in [5.74, 6) is -17.0. The van der Waals surface area contributed by atoms with Gasteiger partial charge in [-0.15, -0.1) is 0 Å². The molecule has 6 heterocycles. The minimum absolute atomic E-state index is 0.187. The topological polar surface area (TPSA) is 535 Å². The Labute approximate surface area is 638 Å². The highest BCUT2D eigenvalue weighted by atomic mass is 16.8.